The topological polar surface area (TPSA) is 82.0 Å². The van der Waals surface area contributed by atoms with E-state index in [1.54, 1.807) is 60.7 Å². The minimum Gasteiger partial charge on any atom is -0.306 e. The standard InChI is InChI=1S/C18H15N3O2/c1-2-7-13-10-6-11-16(15(13)12-19)20-18(23)21-17(22)14-8-4-3-5-9-14/h2-11H,1H3,(H2,20,21,22,23). The summed E-state index contributed by atoms with van der Waals surface area (Å²) in [7, 11) is 0. The second-order valence-electron chi connectivity index (χ2n) is 4.66. The third-order valence-electron chi connectivity index (χ3n) is 3.07. The van der Waals surface area contributed by atoms with E-state index >= 15 is 0 Å². The number of nitrogens with zero attached hydrogens (tertiary/aromatic N) is 1. The molecule has 0 saturated carbocycles. The molecular formula is C18H15N3O2. The van der Waals surface area contributed by atoms with E-state index in [9.17, 15) is 14.9 Å². The normalized spacial score (nSPS) is 10.1. The van der Waals surface area contributed by atoms with E-state index in [-0.39, 0.29) is 0 Å². The SMILES string of the molecule is CC=Cc1cccc(NC(=O)NC(=O)c2ccccc2)c1C#N. The molecule has 2 N–H and O–H groups in total. The van der Waals surface area contributed by atoms with Gasteiger partial charge in [-0.15, -0.1) is 0 Å². The first-order chi connectivity index (χ1) is 11.2. The van der Waals surface area contributed by atoms with E-state index in [4.69, 9.17) is 0 Å². The van der Waals surface area contributed by atoms with Crippen molar-refractivity contribution in [3.63, 3.8) is 0 Å². The zero-order valence-corrected chi connectivity index (χ0v) is 12.5. The van der Waals surface area contributed by atoms with Crippen LogP contribution in [0, 0.1) is 11.3 Å². The fourth-order valence-electron chi connectivity index (χ4n) is 2.04. The molecule has 0 atom stereocenters. The average Bonchev–Trinajstić information content (AvgIpc) is 2.56. The highest BCUT2D eigenvalue weighted by atomic mass is 16.2. The number of anilines is 1. The van der Waals surface area contributed by atoms with Crippen LogP contribution in [-0.4, -0.2) is 11.9 Å². The lowest BCUT2D eigenvalue weighted by atomic mass is 10.1. The van der Waals surface area contributed by atoms with Gasteiger partial charge < -0.3 is 5.32 Å². The van der Waals surface area contributed by atoms with Crippen LogP contribution in [-0.2, 0) is 0 Å². The Kier molecular flexibility index (Phi) is 5.26. The number of hydrogen-bond donors (Lipinski definition) is 2. The number of nitrogens with one attached hydrogen (secondary N) is 2. The Bertz CT molecular complexity index is 790. The number of nitriles is 1. The molecule has 0 bridgehead atoms. The monoisotopic (exact) mass is 305 g/mol. The van der Waals surface area contributed by atoms with E-state index in [1.165, 1.54) is 0 Å². The number of benzene rings is 2. The van der Waals surface area contributed by atoms with Gasteiger partial charge in [0.15, 0.2) is 0 Å². The minimum absolute atomic E-state index is 0.341. The summed E-state index contributed by atoms with van der Waals surface area (Å²) < 4.78 is 0. The van der Waals surface area contributed by atoms with Crippen molar-refractivity contribution in [3.05, 3.63) is 71.3 Å². The average molecular weight is 305 g/mol. The zero-order chi connectivity index (χ0) is 16.7. The number of imide groups is 1. The molecular weight excluding hydrogens is 290 g/mol. The second kappa shape index (κ2) is 7.57. The van der Waals surface area contributed by atoms with Crippen LogP contribution in [0.2, 0.25) is 0 Å². The molecule has 0 heterocycles. The highest BCUT2D eigenvalue weighted by molar-refractivity contribution is 6.08. The van der Waals surface area contributed by atoms with Gasteiger partial charge in [0.25, 0.3) is 5.91 Å². The van der Waals surface area contributed by atoms with E-state index in [0.29, 0.717) is 22.4 Å². The third kappa shape index (κ3) is 4.05. The van der Waals surface area contributed by atoms with Crippen molar-refractivity contribution in [2.24, 2.45) is 0 Å². The lowest BCUT2D eigenvalue weighted by Crippen LogP contribution is -2.34. The van der Waals surface area contributed by atoms with Gasteiger partial charge in [-0.25, -0.2) is 4.79 Å². The fraction of sp³-hybridized carbons (Fsp3) is 0.0556. The van der Waals surface area contributed by atoms with Crippen LogP contribution >= 0.6 is 0 Å². The summed E-state index contributed by atoms with van der Waals surface area (Å²) in [5.41, 5.74) is 1.77. The molecule has 5 heteroatoms. The summed E-state index contributed by atoms with van der Waals surface area (Å²) in [5, 5.41) is 14.0. The van der Waals surface area contributed by atoms with Crippen molar-refractivity contribution < 1.29 is 9.59 Å². The van der Waals surface area contributed by atoms with E-state index in [2.05, 4.69) is 16.7 Å². The number of urea groups is 1. The van der Waals surface area contributed by atoms with Crippen molar-refractivity contribution in [1.82, 2.24) is 5.32 Å². The molecule has 2 rings (SSSR count). The number of allylic oxidation sites excluding steroid dienone is 1. The maximum atomic E-state index is 12.0. The molecule has 5 nitrogen and oxygen atoms in total. The number of carbonyl (C=O) groups excluding carboxylic acids is 2. The first-order valence-electron chi connectivity index (χ1n) is 6.99. The Hall–Kier alpha value is -3.39. The van der Waals surface area contributed by atoms with Crippen LogP contribution in [0.3, 0.4) is 0 Å². The van der Waals surface area contributed by atoms with E-state index in [0.717, 1.165) is 0 Å². The molecule has 0 saturated heterocycles. The van der Waals surface area contributed by atoms with E-state index < -0.39 is 11.9 Å². The summed E-state index contributed by atoms with van der Waals surface area (Å²) in [5.74, 6) is -0.508. The predicted molar refractivity (Wildman–Crippen MR) is 88.8 cm³/mol. The number of amides is 3. The van der Waals surface area contributed by atoms with Crippen LogP contribution in [0.1, 0.15) is 28.4 Å². The maximum absolute atomic E-state index is 12.0. The van der Waals surface area contributed by atoms with Crippen molar-refractivity contribution in [3.8, 4) is 6.07 Å². The van der Waals surface area contributed by atoms with Gasteiger partial charge >= 0.3 is 6.03 Å². The van der Waals surface area contributed by atoms with Crippen LogP contribution in [0.4, 0.5) is 10.5 Å². The quantitative estimate of drug-likeness (QED) is 0.909. The van der Waals surface area contributed by atoms with Gasteiger partial charge in [-0.2, -0.15) is 5.26 Å². The van der Waals surface area contributed by atoms with Crippen LogP contribution < -0.4 is 10.6 Å². The summed E-state index contributed by atoms with van der Waals surface area (Å²) in [6.45, 7) is 1.84. The molecule has 0 radical (unpaired) electrons. The fourth-order valence-corrected chi connectivity index (χ4v) is 2.04. The molecule has 0 unspecified atom stereocenters. The summed E-state index contributed by atoms with van der Waals surface area (Å²) >= 11 is 0. The van der Waals surface area contributed by atoms with Gasteiger partial charge in [0.05, 0.1) is 11.3 Å². The largest absolute Gasteiger partial charge is 0.326 e. The summed E-state index contributed by atoms with van der Waals surface area (Å²) in [6.07, 6.45) is 3.58. The molecule has 0 spiro atoms. The van der Waals surface area contributed by atoms with Crippen molar-refractivity contribution in [2.75, 3.05) is 5.32 Å². The van der Waals surface area contributed by atoms with Crippen LogP contribution in [0.5, 0.6) is 0 Å². The predicted octanol–water partition coefficient (Wildman–Crippen LogP) is 3.55. The van der Waals surface area contributed by atoms with Crippen molar-refractivity contribution in [2.45, 2.75) is 6.92 Å². The van der Waals surface area contributed by atoms with Gasteiger partial charge in [0.2, 0.25) is 0 Å². The first kappa shape index (κ1) is 16.0. The van der Waals surface area contributed by atoms with Gasteiger partial charge in [-0.1, -0.05) is 42.5 Å². The van der Waals surface area contributed by atoms with E-state index in [1.807, 2.05) is 6.92 Å². The molecule has 3 amide bonds. The molecule has 0 aliphatic carbocycles. The van der Waals surface area contributed by atoms with Gasteiger partial charge in [-0.05, 0) is 30.7 Å². The minimum atomic E-state index is -0.687. The molecule has 0 aromatic heterocycles. The number of carbonyl (C=O) groups is 2. The highest BCUT2D eigenvalue weighted by Gasteiger charge is 2.12. The third-order valence-corrected chi connectivity index (χ3v) is 3.07. The maximum Gasteiger partial charge on any atom is 0.326 e. The lowest BCUT2D eigenvalue weighted by molar-refractivity contribution is 0.0967. The Balaban J connectivity index is 2.14. The Morgan fingerprint density at radius 2 is 1.83 bits per heavy atom. The molecule has 2 aromatic rings. The number of rotatable bonds is 3. The molecule has 2 aromatic carbocycles. The Labute approximate surface area is 134 Å². The highest BCUT2D eigenvalue weighted by Crippen LogP contribution is 2.20. The number of hydrogen-bond acceptors (Lipinski definition) is 3. The second-order valence-corrected chi connectivity index (χ2v) is 4.66. The Morgan fingerprint density at radius 3 is 2.48 bits per heavy atom. The zero-order valence-electron chi connectivity index (χ0n) is 12.5. The molecule has 0 aliphatic heterocycles. The van der Waals surface area contributed by atoms with Gasteiger partial charge in [0, 0.05) is 5.56 Å². The lowest BCUT2D eigenvalue weighted by Gasteiger charge is -2.09. The van der Waals surface area contributed by atoms with Crippen molar-refractivity contribution in [1.29, 1.82) is 5.26 Å². The molecule has 114 valence electrons. The first-order valence-corrected chi connectivity index (χ1v) is 6.99. The van der Waals surface area contributed by atoms with Crippen LogP contribution in [0.25, 0.3) is 6.08 Å². The smallest absolute Gasteiger partial charge is 0.306 e. The summed E-state index contributed by atoms with van der Waals surface area (Å²) in [4.78, 5) is 23.9. The van der Waals surface area contributed by atoms with Crippen molar-refractivity contribution >= 4 is 23.7 Å². The van der Waals surface area contributed by atoms with Crippen LogP contribution in [0.15, 0.2) is 54.6 Å². The molecule has 0 aliphatic rings. The summed E-state index contributed by atoms with van der Waals surface area (Å²) in [6, 6.07) is 14.9. The van der Waals surface area contributed by atoms with Gasteiger partial charge in [-0.3, -0.25) is 10.1 Å². The molecule has 23 heavy (non-hydrogen) atoms. The Morgan fingerprint density at radius 1 is 1.09 bits per heavy atom. The molecule has 0 fully saturated rings. The van der Waals surface area contributed by atoms with Gasteiger partial charge in [0.1, 0.15) is 6.07 Å².